The molecule has 2 aromatic rings. The van der Waals surface area contributed by atoms with Crippen LogP contribution in [-0.4, -0.2) is 34.7 Å². The van der Waals surface area contributed by atoms with Crippen LogP contribution in [0.1, 0.15) is 21.6 Å². The van der Waals surface area contributed by atoms with E-state index in [-0.39, 0.29) is 16.3 Å². The molecule has 0 spiro atoms. The maximum atomic E-state index is 13.5. The molecule has 1 amide bonds. The second-order valence-electron chi connectivity index (χ2n) is 5.14. The maximum Gasteiger partial charge on any atom is 0.346 e. The summed E-state index contributed by atoms with van der Waals surface area (Å²) in [7, 11) is 1.21. The predicted octanol–water partition coefficient (Wildman–Crippen LogP) is 2.04. The van der Waals surface area contributed by atoms with E-state index < -0.39 is 23.4 Å². The first kappa shape index (κ1) is 18.7. The number of amides is 1. The smallest absolute Gasteiger partial charge is 0.346 e. The van der Waals surface area contributed by atoms with E-state index in [0.29, 0.717) is 16.9 Å². The molecule has 0 unspecified atom stereocenters. The van der Waals surface area contributed by atoms with Crippen molar-refractivity contribution in [2.24, 2.45) is 0 Å². The molecule has 1 aromatic heterocycles. The second-order valence-corrected chi connectivity index (χ2v) is 6.10. The van der Waals surface area contributed by atoms with Gasteiger partial charge in [0, 0.05) is 11.4 Å². The molecule has 0 radical (unpaired) electrons. The molecule has 2 rings (SSSR count). The molecule has 0 atom stereocenters. The highest BCUT2D eigenvalue weighted by atomic mass is 32.2. The highest BCUT2D eigenvalue weighted by molar-refractivity contribution is 8.00. The lowest BCUT2D eigenvalue weighted by Gasteiger charge is -2.09. The summed E-state index contributed by atoms with van der Waals surface area (Å²) in [4.78, 5) is 41.5. The molecule has 2 N–H and O–H groups in total. The normalized spacial score (nSPS) is 10.4. The van der Waals surface area contributed by atoms with E-state index in [0.717, 1.165) is 11.8 Å². The van der Waals surface area contributed by atoms with Crippen LogP contribution >= 0.6 is 11.8 Å². The van der Waals surface area contributed by atoms with Gasteiger partial charge in [0.15, 0.2) is 0 Å². The number of nitrogens with one attached hydrogen (secondary N) is 2. The number of nitrogens with zero attached hydrogens (tertiary/aromatic N) is 1. The Morgan fingerprint density at radius 1 is 1.36 bits per heavy atom. The van der Waals surface area contributed by atoms with Crippen LogP contribution in [0.15, 0.2) is 28.0 Å². The number of anilines is 1. The van der Waals surface area contributed by atoms with Crippen molar-refractivity contribution in [3.05, 3.63) is 51.3 Å². The Balaban J connectivity index is 2.12. The van der Waals surface area contributed by atoms with Gasteiger partial charge in [0.1, 0.15) is 16.4 Å². The first-order valence-corrected chi connectivity index (χ1v) is 8.18. The van der Waals surface area contributed by atoms with Crippen LogP contribution in [0.5, 0.6) is 0 Å². The third-order valence-electron chi connectivity index (χ3n) is 3.27. The van der Waals surface area contributed by atoms with Crippen LogP contribution < -0.4 is 11.0 Å². The molecule has 0 bridgehead atoms. The number of aromatic amines is 1. The average molecular weight is 365 g/mol. The molecule has 7 nitrogen and oxygen atoms in total. The van der Waals surface area contributed by atoms with Gasteiger partial charge in [-0.3, -0.25) is 4.79 Å². The van der Waals surface area contributed by atoms with Gasteiger partial charge in [-0.05, 0) is 31.5 Å². The molecular weight excluding hydrogens is 349 g/mol. The van der Waals surface area contributed by atoms with Crippen molar-refractivity contribution in [1.82, 2.24) is 9.97 Å². The Kier molecular flexibility index (Phi) is 5.92. The Morgan fingerprint density at radius 2 is 2.08 bits per heavy atom. The number of aromatic nitrogens is 2. The Bertz CT molecular complexity index is 882. The van der Waals surface area contributed by atoms with Gasteiger partial charge in [0.2, 0.25) is 5.91 Å². The van der Waals surface area contributed by atoms with Gasteiger partial charge >= 0.3 is 11.7 Å². The summed E-state index contributed by atoms with van der Waals surface area (Å²) >= 11 is 0.916. The van der Waals surface area contributed by atoms with Gasteiger partial charge < -0.3 is 15.0 Å². The molecular formula is C16H16FN3O4S. The van der Waals surface area contributed by atoms with E-state index in [9.17, 15) is 18.8 Å². The zero-order valence-corrected chi connectivity index (χ0v) is 14.6. The van der Waals surface area contributed by atoms with Gasteiger partial charge in [-0.1, -0.05) is 17.8 Å². The van der Waals surface area contributed by atoms with Crippen molar-refractivity contribution < 1.29 is 18.7 Å². The third kappa shape index (κ3) is 4.66. The number of thioether (sulfide) groups is 1. The first-order valence-electron chi connectivity index (χ1n) is 7.20. The average Bonchev–Trinajstić information content (AvgIpc) is 2.55. The van der Waals surface area contributed by atoms with Gasteiger partial charge in [-0.25, -0.2) is 14.0 Å². The van der Waals surface area contributed by atoms with Crippen LogP contribution in [0, 0.1) is 19.7 Å². The molecule has 0 aliphatic carbocycles. The fraction of sp³-hybridized carbons (Fsp3) is 0.250. The Hall–Kier alpha value is -2.68. The molecule has 0 saturated carbocycles. The number of hydrogen-bond donors (Lipinski definition) is 2. The molecule has 132 valence electrons. The fourth-order valence-corrected chi connectivity index (χ4v) is 2.88. The molecule has 25 heavy (non-hydrogen) atoms. The van der Waals surface area contributed by atoms with E-state index in [1.54, 1.807) is 19.1 Å². The first-order chi connectivity index (χ1) is 11.8. The van der Waals surface area contributed by atoms with Crippen molar-refractivity contribution in [3.8, 4) is 0 Å². The maximum absolute atomic E-state index is 13.5. The molecule has 0 aliphatic heterocycles. The Morgan fingerprint density at radius 3 is 2.72 bits per heavy atom. The number of rotatable bonds is 5. The number of carbonyl (C=O) groups excluding carboxylic acids is 2. The minimum Gasteiger partial charge on any atom is -0.465 e. The summed E-state index contributed by atoms with van der Waals surface area (Å²) in [5, 5.41) is 2.64. The monoisotopic (exact) mass is 365 g/mol. The largest absolute Gasteiger partial charge is 0.465 e. The van der Waals surface area contributed by atoms with Crippen LogP contribution in [-0.2, 0) is 9.53 Å². The number of ether oxygens (including phenoxy) is 1. The van der Waals surface area contributed by atoms with Crippen molar-refractivity contribution >= 4 is 29.3 Å². The summed E-state index contributed by atoms with van der Waals surface area (Å²) < 4.78 is 18.2. The van der Waals surface area contributed by atoms with Crippen LogP contribution in [0.25, 0.3) is 0 Å². The number of methoxy groups -OCH3 is 1. The molecule has 0 aliphatic rings. The van der Waals surface area contributed by atoms with Gasteiger partial charge in [0.25, 0.3) is 0 Å². The summed E-state index contributed by atoms with van der Waals surface area (Å²) in [6, 6.07) is 4.35. The van der Waals surface area contributed by atoms with Crippen molar-refractivity contribution in [1.29, 1.82) is 0 Å². The number of carbonyl (C=O) groups is 2. The minimum atomic E-state index is -0.662. The molecule has 9 heteroatoms. The SMILES string of the molecule is COC(=O)c1c(SCC(=O)Nc2ccc(C)c(F)c2)nc(=O)[nH]c1C. The van der Waals surface area contributed by atoms with Gasteiger partial charge in [-0.2, -0.15) is 4.98 Å². The third-order valence-corrected chi connectivity index (χ3v) is 4.25. The summed E-state index contributed by atoms with van der Waals surface area (Å²) in [6.45, 7) is 3.15. The van der Waals surface area contributed by atoms with Crippen molar-refractivity contribution in [2.75, 3.05) is 18.2 Å². The predicted molar refractivity (Wildman–Crippen MR) is 91.4 cm³/mol. The molecule has 0 fully saturated rings. The second kappa shape index (κ2) is 7.93. The number of H-pyrrole nitrogens is 1. The van der Waals surface area contributed by atoms with Crippen molar-refractivity contribution in [3.63, 3.8) is 0 Å². The van der Waals surface area contributed by atoms with E-state index >= 15 is 0 Å². The lowest BCUT2D eigenvalue weighted by molar-refractivity contribution is -0.113. The molecule has 1 aromatic carbocycles. The number of halogens is 1. The number of esters is 1. The highest BCUT2D eigenvalue weighted by Crippen LogP contribution is 2.22. The van der Waals surface area contributed by atoms with E-state index in [1.165, 1.54) is 20.1 Å². The van der Waals surface area contributed by atoms with Gasteiger partial charge in [0.05, 0.1) is 12.9 Å². The highest BCUT2D eigenvalue weighted by Gasteiger charge is 2.19. The quantitative estimate of drug-likeness (QED) is 0.478. The summed E-state index contributed by atoms with van der Waals surface area (Å²) in [6.07, 6.45) is 0. The lowest BCUT2D eigenvalue weighted by atomic mass is 10.2. The zero-order valence-electron chi connectivity index (χ0n) is 13.8. The van der Waals surface area contributed by atoms with Crippen LogP contribution in [0.3, 0.4) is 0 Å². The van der Waals surface area contributed by atoms with Gasteiger partial charge in [-0.15, -0.1) is 0 Å². The van der Waals surface area contributed by atoms with Crippen LogP contribution in [0.2, 0.25) is 0 Å². The lowest BCUT2D eigenvalue weighted by Crippen LogP contribution is -2.20. The van der Waals surface area contributed by atoms with E-state index in [1.807, 2.05) is 0 Å². The summed E-state index contributed by atoms with van der Waals surface area (Å²) in [5.41, 5.74) is 0.556. The molecule has 0 saturated heterocycles. The minimum absolute atomic E-state index is 0.0957. The number of hydrogen-bond acceptors (Lipinski definition) is 6. The van der Waals surface area contributed by atoms with E-state index in [2.05, 4.69) is 20.0 Å². The number of benzene rings is 1. The fourth-order valence-electron chi connectivity index (χ4n) is 2.01. The van der Waals surface area contributed by atoms with Crippen molar-refractivity contribution in [2.45, 2.75) is 18.9 Å². The van der Waals surface area contributed by atoms with E-state index in [4.69, 9.17) is 0 Å². The summed E-state index contributed by atoms with van der Waals surface area (Å²) in [5.74, 6) is -1.63. The topological polar surface area (TPSA) is 101 Å². The number of aryl methyl sites for hydroxylation is 2. The zero-order chi connectivity index (χ0) is 18.6. The molecule has 1 heterocycles. The van der Waals surface area contributed by atoms with Crippen LogP contribution in [0.4, 0.5) is 10.1 Å². The standard InChI is InChI=1S/C16H16FN3O4S/c1-8-4-5-10(6-11(8)17)19-12(21)7-25-14-13(15(22)24-3)9(2)18-16(23)20-14/h4-6H,7H2,1-3H3,(H,19,21)(H,18,20,23). The Labute approximate surface area is 147 Å².